The Labute approximate surface area is 129 Å². The van der Waals surface area contributed by atoms with Gasteiger partial charge in [0.15, 0.2) is 0 Å². The average Bonchev–Trinajstić information content (AvgIpc) is 2.54. The first-order valence-electron chi connectivity index (χ1n) is 8.24. The summed E-state index contributed by atoms with van der Waals surface area (Å²) < 4.78 is 5.51. The molecule has 0 saturated carbocycles. The van der Waals surface area contributed by atoms with Crippen molar-refractivity contribution in [3.63, 3.8) is 0 Å². The second kappa shape index (κ2) is 6.69. The summed E-state index contributed by atoms with van der Waals surface area (Å²) in [4.78, 5) is 2.49. The van der Waals surface area contributed by atoms with E-state index in [0.717, 1.165) is 24.4 Å². The molecule has 3 heteroatoms. The molecule has 1 aliphatic heterocycles. The largest absolute Gasteiger partial charge is 0.496 e. The first-order valence-corrected chi connectivity index (χ1v) is 8.24. The molecule has 1 aromatic carbocycles. The zero-order valence-corrected chi connectivity index (χ0v) is 14.0. The van der Waals surface area contributed by atoms with Crippen LogP contribution in [0.1, 0.15) is 58.1 Å². The lowest BCUT2D eigenvalue weighted by atomic mass is 9.74. The van der Waals surface area contributed by atoms with Crippen molar-refractivity contribution < 1.29 is 4.74 Å². The summed E-state index contributed by atoms with van der Waals surface area (Å²) in [7, 11) is 1.72. The molecule has 1 aromatic rings. The summed E-state index contributed by atoms with van der Waals surface area (Å²) >= 11 is 0. The lowest BCUT2D eigenvalue weighted by molar-refractivity contribution is 0.199. The van der Waals surface area contributed by atoms with Crippen LogP contribution in [0.15, 0.2) is 18.2 Å². The fraction of sp³-hybridized carbons (Fsp3) is 0.667. The number of piperidine rings is 1. The van der Waals surface area contributed by atoms with Crippen molar-refractivity contribution in [2.75, 3.05) is 25.1 Å². The predicted molar refractivity (Wildman–Crippen MR) is 90.1 cm³/mol. The topological polar surface area (TPSA) is 38.5 Å². The van der Waals surface area contributed by atoms with Crippen molar-refractivity contribution >= 4 is 5.69 Å². The van der Waals surface area contributed by atoms with Gasteiger partial charge in [0.05, 0.1) is 7.11 Å². The molecule has 3 nitrogen and oxygen atoms in total. The Morgan fingerprint density at radius 3 is 2.33 bits per heavy atom. The van der Waals surface area contributed by atoms with Crippen molar-refractivity contribution in [2.24, 2.45) is 11.1 Å². The van der Waals surface area contributed by atoms with Crippen LogP contribution in [0.3, 0.4) is 0 Å². The highest BCUT2D eigenvalue weighted by atomic mass is 16.5. The van der Waals surface area contributed by atoms with Gasteiger partial charge in [-0.25, -0.2) is 0 Å². The zero-order chi connectivity index (χ0) is 15.5. The number of nitrogens with zero attached hydrogens (tertiary/aromatic N) is 1. The monoisotopic (exact) mass is 290 g/mol. The quantitative estimate of drug-likeness (QED) is 0.886. The highest BCUT2D eigenvalue weighted by molar-refractivity contribution is 5.61. The average molecular weight is 290 g/mol. The van der Waals surface area contributed by atoms with Gasteiger partial charge >= 0.3 is 0 Å². The van der Waals surface area contributed by atoms with Crippen molar-refractivity contribution in [1.29, 1.82) is 0 Å². The van der Waals surface area contributed by atoms with Gasteiger partial charge in [0, 0.05) is 30.4 Å². The first kappa shape index (κ1) is 16.2. The molecule has 0 spiro atoms. The minimum atomic E-state index is -0.0137. The number of hydrogen-bond donors (Lipinski definition) is 1. The molecule has 1 heterocycles. The molecule has 2 N–H and O–H groups in total. The summed E-state index contributed by atoms with van der Waals surface area (Å²) in [6, 6.07) is 6.25. The van der Waals surface area contributed by atoms with E-state index in [1.807, 2.05) is 13.0 Å². The van der Waals surface area contributed by atoms with Crippen LogP contribution >= 0.6 is 0 Å². The van der Waals surface area contributed by atoms with Crippen LogP contribution in [0, 0.1) is 5.41 Å². The van der Waals surface area contributed by atoms with Gasteiger partial charge in [-0.3, -0.25) is 0 Å². The van der Waals surface area contributed by atoms with Gasteiger partial charge in [-0.2, -0.15) is 0 Å². The molecule has 0 radical (unpaired) electrons. The van der Waals surface area contributed by atoms with Gasteiger partial charge < -0.3 is 15.4 Å². The van der Waals surface area contributed by atoms with Crippen LogP contribution in [-0.4, -0.2) is 20.2 Å². The normalized spacial score (nSPS) is 19.4. The Balaban J connectivity index is 2.24. The molecular formula is C18H30N2O. The van der Waals surface area contributed by atoms with Gasteiger partial charge in [0.2, 0.25) is 0 Å². The Kier molecular flexibility index (Phi) is 5.15. The second-order valence-corrected chi connectivity index (χ2v) is 6.38. The Bertz CT molecular complexity index is 456. The van der Waals surface area contributed by atoms with Crippen LogP contribution in [-0.2, 0) is 0 Å². The number of hydrogen-bond acceptors (Lipinski definition) is 3. The van der Waals surface area contributed by atoms with Crippen molar-refractivity contribution in [3.05, 3.63) is 23.8 Å². The number of methoxy groups -OCH3 is 1. The third kappa shape index (κ3) is 3.18. The third-order valence-electron chi connectivity index (χ3n) is 5.38. The van der Waals surface area contributed by atoms with Gasteiger partial charge in [-0.15, -0.1) is 0 Å². The van der Waals surface area contributed by atoms with Crippen LogP contribution in [0.25, 0.3) is 0 Å². The molecule has 1 aliphatic rings. The maximum Gasteiger partial charge on any atom is 0.125 e. The zero-order valence-electron chi connectivity index (χ0n) is 14.0. The molecule has 21 heavy (non-hydrogen) atoms. The summed E-state index contributed by atoms with van der Waals surface area (Å²) in [5.41, 5.74) is 9.14. The van der Waals surface area contributed by atoms with Crippen LogP contribution in [0.2, 0.25) is 0 Å². The van der Waals surface area contributed by atoms with Gasteiger partial charge in [-0.1, -0.05) is 32.8 Å². The van der Waals surface area contributed by atoms with Crippen LogP contribution < -0.4 is 15.4 Å². The molecule has 0 bridgehead atoms. The lowest BCUT2D eigenvalue weighted by Gasteiger charge is -2.42. The second-order valence-electron chi connectivity index (χ2n) is 6.38. The summed E-state index contributed by atoms with van der Waals surface area (Å²) in [5.74, 6) is 0.908. The van der Waals surface area contributed by atoms with Crippen molar-refractivity contribution in [3.8, 4) is 5.75 Å². The highest BCUT2D eigenvalue weighted by Gasteiger charge is 2.32. The molecule has 1 saturated heterocycles. The smallest absolute Gasteiger partial charge is 0.125 e. The minimum Gasteiger partial charge on any atom is -0.496 e. The van der Waals surface area contributed by atoms with E-state index in [2.05, 4.69) is 30.9 Å². The molecule has 0 aliphatic carbocycles. The van der Waals surface area contributed by atoms with Gasteiger partial charge in [0.25, 0.3) is 0 Å². The third-order valence-corrected chi connectivity index (χ3v) is 5.38. The molecule has 0 unspecified atom stereocenters. The molecule has 0 aromatic heterocycles. The van der Waals surface area contributed by atoms with E-state index in [9.17, 15) is 0 Å². The Morgan fingerprint density at radius 1 is 1.24 bits per heavy atom. The van der Waals surface area contributed by atoms with E-state index in [-0.39, 0.29) is 6.04 Å². The lowest BCUT2D eigenvalue weighted by Crippen LogP contribution is -2.40. The first-order chi connectivity index (χ1) is 10.1. The maximum absolute atomic E-state index is 6.20. The summed E-state index contributed by atoms with van der Waals surface area (Å²) in [5, 5.41) is 0. The van der Waals surface area contributed by atoms with E-state index in [0.29, 0.717) is 5.41 Å². The fourth-order valence-corrected chi connectivity index (χ4v) is 3.62. The van der Waals surface area contributed by atoms with Gasteiger partial charge in [0.1, 0.15) is 5.75 Å². The van der Waals surface area contributed by atoms with Crippen LogP contribution in [0.4, 0.5) is 5.69 Å². The van der Waals surface area contributed by atoms with E-state index in [4.69, 9.17) is 10.5 Å². The van der Waals surface area contributed by atoms with E-state index >= 15 is 0 Å². The van der Waals surface area contributed by atoms with E-state index < -0.39 is 0 Å². The maximum atomic E-state index is 6.20. The fourth-order valence-electron chi connectivity index (χ4n) is 3.62. The standard InChI is InChI=1S/C18H30N2O/c1-5-18(6-2)10-12-20(13-11-18)15-8-7-9-16(21-4)17(15)14(3)19/h7-9,14H,5-6,10-13,19H2,1-4H3/t14-/m1/s1. The molecule has 0 amide bonds. The van der Waals surface area contributed by atoms with Gasteiger partial charge in [-0.05, 0) is 37.3 Å². The summed E-state index contributed by atoms with van der Waals surface area (Å²) in [6.45, 7) is 8.94. The highest BCUT2D eigenvalue weighted by Crippen LogP contribution is 2.41. The minimum absolute atomic E-state index is 0.0137. The summed E-state index contributed by atoms with van der Waals surface area (Å²) in [6.07, 6.45) is 5.12. The number of anilines is 1. The Morgan fingerprint density at radius 2 is 1.86 bits per heavy atom. The molecular weight excluding hydrogens is 260 g/mol. The molecule has 1 fully saturated rings. The number of rotatable bonds is 5. The van der Waals surface area contributed by atoms with Crippen molar-refractivity contribution in [2.45, 2.75) is 52.5 Å². The molecule has 1 atom stereocenters. The number of benzene rings is 1. The molecule has 2 rings (SSSR count). The number of ether oxygens (including phenoxy) is 1. The SMILES string of the molecule is CCC1(CC)CCN(c2cccc(OC)c2[C@@H](C)N)CC1. The Hall–Kier alpha value is -1.22. The molecule has 118 valence electrons. The van der Waals surface area contributed by atoms with Crippen molar-refractivity contribution in [1.82, 2.24) is 0 Å². The number of nitrogens with two attached hydrogens (primary N) is 1. The van der Waals surface area contributed by atoms with E-state index in [1.165, 1.54) is 31.4 Å². The van der Waals surface area contributed by atoms with E-state index in [1.54, 1.807) is 7.11 Å². The van der Waals surface area contributed by atoms with Crippen LogP contribution in [0.5, 0.6) is 5.75 Å². The predicted octanol–water partition coefficient (Wildman–Crippen LogP) is 4.12.